The Hall–Kier alpha value is -2.85. The van der Waals surface area contributed by atoms with Crippen LogP contribution in [0.15, 0.2) is 40.9 Å². The largest absolute Gasteiger partial charge is 0.493 e. The lowest BCUT2D eigenvalue weighted by atomic mass is 10.0. The maximum absolute atomic E-state index is 10.7. The molecule has 7 heteroatoms. The number of rotatable bonds is 6. The van der Waals surface area contributed by atoms with Gasteiger partial charge in [-0.05, 0) is 64.3 Å². The van der Waals surface area contributed by atoms with E-state index >= 15 is 0 Å². The number of nitro benzene ring substituents is 1. The fourth-order valence-electron chi connectivity index (χ4n) is 2.22. The second kappa shape index (κ2) is 8.31. The van der Waals surface area contributed by atoms with Gasteiger partial charge in [-0.1, -0.05) is 0 Å². The number of nitro groups is 1. The van der Waals surface area contributed by atoms with Crippen molar-refractivity contribution in [3.05, 3.63) is 62.1 Å². The Morgan fingerprint density at radius 2 is 2.04 bits per heavy atom. The van der Waals surface area contributed by atoms with E-state index in [-0.39, 0.29) is 5.69 Å². The molecule has 0 radical (unpaired) electrons. The maximum atomic E-state index is 10.7. The molecule has 0 saturated carbocycles. The Labute approximate surface area is 153 Å². The van der Waals surface area contributed by atoms with Gasteiger partial charge in [-0.2, -0.15) is 5.26 Å². The van der Waals surface area contributed by atoms with Gasteiger partial charge in [0.05, 0.1) is 34.8 Å². The number of benzene rings is 2. The average Bonchev–Trinajstić information content (AvgIpc) is 2.61. The minimum absolute atomic E-state index is 0.0217. The van der Waals surface area contributed by atoms with Crippen LogP contribution in [0.25, 0.3) is 11.6 Å². The summed E-state index contributed by atoms with van der Waals surface area (Å²) in [4.78, 5) is 10.3. The summed E-state index contributed by atoms with van der Waals surface area (Å²) in [7, 11) is 1.54. The predicted octanol–water partition coefficient (Wildman–Crippen LogP) is 4.83. The van der Waals surface area contributed by atoms with Crippen LogP contribution in [-0.2, 0) is 0 Å². The van der Waals surface area contributed by atoms with Gasteiger partial charge in [0.1, 0.15) is 0 Å². The van der Waals surface area contributed by atoms with Gasteiger partial charge < -0.3 is 9.47 Å². The lowest BCUT2D eigenvalue weighted by Crippen LogP contribution is -1.97. The molecular formula is C18H15BrN2O4. The molecule has 0 aliphatic rings. The molecule has 2 aromatic rings. The summed E-state index contributed by atoms with van der Waals surface area (Å²) in [6.07, 6.45) is 1.68. The number of halogens is 1. The molecular weight excluding hydrogens is 388 g/mol. The molecule has 0 amide bonds. The fourth-order valence-corrected chi connectivity index (χ4v) is 2.79. The summed E-state index contributed by atoms with van der Waals surface area (Å²) in [5.41, 5.74) is 1.69. The first-order valence-corrected chi connectivity index (χ1v) is 8.16. The fraction of sp³-hybridized carbons (Fsp3) is 0.167. The Kier molecular flexibility index (Phi) is 6.14. The molecule has 0 N–H and O–H groups in total. The predicted molar refractivity (Wildman–Crippen MR) is 98.4 cm³/mol. The van der Waals surface area contributed by atoms with E-state index in [1.54, 1.807) is 31.4 Å². The van der Waals surface area contributed by atoms with E-state index in [4.69, 9.17) is 9.47 Å². The Bertz CT molecular complexity index is 855. The summed E-state index contributed by atoms with van der Waals surface area (Å²) in [6, 6.07) is 11.5. The molecule has 0 unspecified atom stereocenters. The molecule has 6 nitrogen and oxygen atoms in total. The van der Waals surface area contributed by atoms with Crippen LogP contribution in [0.2, 0.25) is 0 Å². The van der Waals surface area contributed by atoms with E-state index in [1.165, 1.54) is 12.1 Å². The minimum Gasteiger partial charge on any atom is -0.493 e. The Morgan fingerprint density at radius 3 is 2.56 bits per heavy atom. The van der Waals surface area contributed by atoms with Crippen LogP contribution in [0.1, 0.15) is 18.1 Å². The zero-order valence-corrected chi connectivity index (χ0v) is 15.2. The molecule has 2 rings (SSSR count). The van der Waals surface area contributed by atoms with Gasteiger partial charge in [-0.25, -0.2) is 0 Å². The van der Waals surface area contributed by atoms with Gasteiger partial charge in [0.25, 0.3) is 5.69 Å². The first-order chi connectivity index (χ1) is 12.0. The number of nitriles is 1. The van der Waals surface area contributed by atoms with E-state index in [1.807, 2.05) is 13.0 Å². The number of nitrogens with zero attached hydrogens (tertiary/aromatic N) is 2. The summed E-state index contributed by atoms with van der Waals surface area (Å²) < 4.78 is 11.6. The molecule has 0 bridgehead atoms. The summed E-state index contributed by atoms with van der Waals surface area (Å²) in [5.74, 6) is 1.14. The molecule has 0 saturated heterocycles. The van der Waals surface area contributed by atoms with Crippen LogP contribution in [0.5, 0.6) is 11.5 Å². The third-order valence-electron chi connectivity index (χ3n) is 3.36. The van der Waals surface area contributed by atoms with Crippen molar-refractivity contribution in [1.82, 2.24) is 0 Å². The second-order valence-corrected chi connectivity index (χ2v) is 5.80. The van der Waals surface area contributed by atoms with E-state index in [9.17, 15) is 15.4 Å². The molecule has 0 heterocycles. The highest BCUT2D eigenvalue weighted by Gasteiger charge is 2.12. The molecule has 0 aromatic heterocycles. The van der Waals surface area contributed by atoms with Crippen LogP contribution in [-0.4, -0.2) is 18.6 Å². The minimum atomic E-state index is -0.478. The van der Waals surface area contributed by atoms with Gasteiger partial charge in [-0.15, -0.1) is 0 Å². The highest BCUT2D eigenvalue weighted by atomic mass is 79.9. The SMILES string of the molecule is CCOc1c(Br)cc(/C=C(\C#N)c2ccc([N+](=O)[O-])cc2)cc1OC. The number of ether oxygens (including phenoxy) is 2. The van der Waals surface area contributed by atoms with Crippen molar-refractivity contribution in [2.45, 2.75) is 6.92 Å². The smallest absolute Gasteiger partial charge is 0.269 e. The topological polar surface area (TPSA) is 85.4 Å². The van der Waals surface area contributed by atoms with Crippen LogP contribution in [0, 0.1) is 21.4 Å². The van der Waals surface area contributed by atoms with Crippen LogP contribution >= 0.6 is 15.9 Å². The van der Waals surface area contributed by atoms with Gasteiger partial charge >= 0.3 is 0 Å². The molecule has 0 spiro atoms. The van der Waals surface area contributed by atoms with Crippen LogP contribution in [0.3, 0.4) is 0 Å². The summed E-state index contributed by atoms with van der Waals surface area (Å²) in [6.45, 7) is 2.37. The molecule has 0 aliphatic carbocycles. The zero-order chi connectivity index (χ0) is 18.4. The van der Waals surface area contributed by atoms with Crippen molar-refractivity contribution in [1.29, 1.82) is 5.26 Å². The van der Waals surface area contributed by atoms with Crippen molar-refractivity contribution >= 4 is 33.3 Å². The highest BCUT2D eigenvalue weighted by Crippen LogP contribution is 2.37. The van der Waals surface area contributed by atoms with Gasteiger partial charge in [0.15, 0.2) is 11.5 Å². The lowest BCUT2D eigenvalue weighted by Gasteiger charge is -2.12. The van der Waals surface area contributed by atoms with Crippen molar-refractivity contribution in [3.63, 3.8) is 0 Å². The van der Waals surface area contributed by atoms with Crippen molar-refractivity contribution < 1.29 is 14.4 Å². The number of allylic oxidation sites excluding steroid dienone is 1. The zero-order valence-electron chi connectivity index (χ0n) is 13.7. The standard InChI is InChI=1S/C18H15BrN2O4/c1-3-25-18-16(19)9-12(10-17(18)24-2)8-14(11-20)13-4-6-15(7-5-13)21(22)23/h4-10H,3H2,1-2H3/b14-8+. The van der Waals surface area contributed by atoms with Crippen molar-refractivity contribution in [2.75, 3.05) is 13.7 Å². The van der Waals surface area contributed by atoms with E-state index in [0.29, 0.717) is 33.7 Å². The van der Waals surface area contributed by atoms with Gasteiger partial charge in [0.2, 0.25) is 0 Å². The van der Waals surface area contributed by atoms with E-state index in [2.05, 4.69) is 22.0 Å². The number of hydrogen-bond acceptors (Lipinski definition) is 5. The number of non-ortho nitro benzene ring substituents is 1. The van der Waals surface area contributed by atoms with Crippen LogP contribution in [0.4, 0.5) is 5.69 Å². The molecule has 0 atom stereocenters. The third kappa shape index (κ3) is 4.37. The molecule has 25 heavy (non-hydrogen) atoms. The van der Waals surface area contributed by atoms with Gasteiger partial charge in [-0.3, -0.25) is 10.1 Å². The van der Waals surface area contributed by atoms with E-state index in [0.717, 1.165) is 5.56 Å². The maximum Gasteiger partial charge on any atom is 0.269 e. The van der Waals surface area contributed by atoms with E-state index < -0.39 is 4.92 Å². The molecule has 0 aliphatic heterocycles. The second-order valence-electron chi connectivity index (χ2n) is 4.94. The summed E-state index contributed by atoms with van der Waals surface area (Å²) >= 11 is 3.44. The Balaban J connectivity index is 2.44. The Morgan fingerprint density at radius 1 is 1.36 bits per heavy atom. The highest BCUT2D eigenvalue weighted by molar-refractivity contribution is 9.10. The quantitative estimate of drug-likeness (QED) is 0.299. The number of methoxy groups -OCH3 is 1. The van der Waals surface area contributed by atoms with Crippen molar-refractivity contribution in [2.24, 2.45) is 0 Å². The normalized spacial score (nSPS) is 10.9. The monoisotopic (exact) mass is 402 g/mol. The average molecular weight is 403 g/mol. The lowest BCUT2D eigenvalue weighted by molar-refractivity contribution is -0.384. The first kappa shape index (κ1) is 18.5. The van der Waals surface area contributed by atoms with Crippen LogP contribution < -0.4 is 9.47 Å². The van der Waals surface area contributed by atoms with Crippen molar-refractivity contribution in [3.8, 4) is 17.6 Å². The summed E-state index contributed by atoms with van der Waals surface area (Å²) in [5, 5.41) is 20.2. The molecule has 128 valence electrons. The third-order valence-corrected chi connectivity index (χ3v) is 3.95. The van der Waals surface area contributed by atoms with Gasteiger partial charge in [0, 0.05) is 12.1 Å². The first-order valence-electron chi connectivity index (χ1n) is 7.37. The molecule has 2 aromatic carbocycles. The molecule has 0 fully saturated rings. The number of hydrogen-bond donors (Lipinski definition) is 0.